The van der Waals surface area contributed by atoms with Crippen molar-refractivity contribution >= 4 is 39.7 Å². The molecule has 1 aromatic carbocycles. The van der Waals surface area contributed by atoms with Crippen LogP contribution in [-0.4, -0.2) is 0 Å². The zero-order chi connectivity index (χ0) is 7.56. The number of nitrogens with zero attached hydrogens (tertiary/aromatic N) is 1. The van der Waals surface area contributed by atoms with Crippen LogP contribution in [0.5, 0.6) is 0 Å². The number of nitrogens with two attached hydrogens (primary N) is 1. The smallest absolute Gasteiger partial charge is 0.114 e. The van der Waals surface area contributed by atoms with Crippen molar-refractivity contribution in [2.75, 3.05) is 5.73 Å². The summed E-state index contributed by atoms with van der Waals surface area (Å²) in [7, 11) is 0. The zero-order valence-corrected chi connectivity index (χ0v) is 7.45. The highest BCUT2D eigenvalue weighted by Gasteiger charge is 1.99. The molecule has 0 fully saturated rings. The summed E-state index contributed by atoms with van der Waals surface area (Å²) < 4.78 is 4.42. The summed E-state index contributed by atoms with van der Waals surface area (Å²) in [6.45, 7) is 0. The van der Waals surface area contributed by atoms with Gasteiger partial charge in [-0.05, 0) is 28.1 Å². The standard InChI is InChI=1S/C6H5BrN2S/c7-4-2-1-3-5(8)6(4)9-10/h1-3H,8H2. The molecule has 0 heterocycles. The molecule has 0 aromatic heterocycles. The fourth-order valence-corrected chi connectivity index (χ4v) is 1.42. The summed E-state index contributed by atoms with van der Waals surface area (Å²) in [6.07, 6.45) is 0. The molecule has 52 valence electrons. The van der Waals surface area contributed by atoms with Crippen LogP contribution in [0.25, 0.3) is 0 Å². The quantitative estimate of drug-likeness (QED) is 0.733. The van der Waals surface area contributed by atoms with Gasteiger partial charge in [0.15, 0.2) is 0 Å². The number of rotatable bonds is 1. The number of anilines is 1. The van der Waals surface area contributed by atoms with Crippen LogP contribution < -0.4 is 5.73 Å². The largest absolute Gasteiger partial charge is 0.397 e. The van der Waals surface area contributed by atoms with Gasteiger partial charge in [-0.15, -0.1) is 0 Å². The van der Waals surface area contributed by atoms with Crippen molar-refractivity contribution in [2.45, 2.75) is 0 Å². The Balaban J connectivity index is 3.30. The minimum absolute atomic E-state index is 0.601. The summed E-state index contributed by atoms with van der Waals surface area (Å²) in [5.41, 5.74) is 6.78. The van der Waals surface area contributed by atoms with Gasteiger partial charge in [0.1, 0.15) is 5.69 Å². The highest BCUT2D eigenvalue weighted by Crippen LogP contribution is 2.30. The van der Waals surface area contributed by atoms with Crippen molar-refractivity contribution in [3.8, 4) is 0 Å². The lowest BCUT2D eigenvalue weighted by atomic mass is 10.3. The van der Waals surface area contributed by atoms with Crippen LogP contribution in [-0.2, 0) is 12.4 Å². The Hall–Kier alpha value is -0.480. The van der Waals surface area contributed by atoms with Gasteiger partial charge in [0, 0.05) is 16.9 Å². The molecule has 0 aliphatic heterocycles. The predicted molar refractivity (Wildman–Crippen MR) is 48.0 cm³/mol. The topological polar surface area (TPSA) is 38.4 Å². The van der Waals surface area contributed by atoms with Crippen LogP contribution in [0.15, 0.2) is 27.0 Å². The van der Waals surface area contributed by atoms with Gasteiger partial charge in [0.25, 0.3) is 0 Å². The Morgan fingerprint density at radius 1 is 1.50 bits per heavy atom. The summed E-state index contributed by atoms with van der Waals surface area (Å²) in [6, 6.07) is 5.45. The monoisotopic (exact) mass is 216 g/mol. The van der Waals surface area contributed by atoms with E-state index >= 15 is 0 Å². The molecule has 0 radical (unpaired) electrons. The van der Waals surface area contributed by atoms with Gasteiger partial charge in [0.05, 0.1) is 5.69 Å². The van der Waals surface area contributed by atoms with Gasteiger partial charge in [-0.1, -0.05) is 6.07 Å². The minimum Gasteiger partial charge on any atom is -0.397 e. The number of hydrogen-bond donors (Lipinski definition) is 1. The van der Waals surface area contributed by atoms with E-state index in [-0.39, 0.29) is 0 Å². The molecular formula is C6H5BrN2S. The second-order valence-corrected chi connectivity index (χ2v) is 2.81. The maximum absolute atomic E-state index is 5.54. The summed E-state index contributed by atoms with van der Waals surface area (Å²) in [5.74, 6) is 0. The molecule has 0 amide bonds. The Morgan fingerprint density at radius 2 is 2.20 bits per heavy atom. The SMILES string of the molecule is Nc1cccc(Br)c1N=S. The first-order valence-corrected chi connectivity index (χ1v) is 3.79. The molecule has 0 bridgehead atoms. The van der Waals surface area contributed by atoms with E-state index in [9.17, 15) is 0 Å². The maximum atomic E-state index is 5.54. The molecule has 1 aromatic rings. The average Bonchev–Trinajstić information content (AvgIpc) is 1.88. The number of benzene rings is 1. The predicted octanol–water partition coefficient (Wildman–Crippen LogP) is 2.39. The molecule has 0 saturated heterocycles. The third kappa shape index (κ3) is 1.33. The first-order chi connectivity index (χ1) is 4.75. The van der Waals surface area contributed by atoms with E-state index in [0.29, 0.717) is 11.4 Å². The zero-order valence-electron chi connectivity index (χ0n) is 5.04. The second-order valence-electron chi connectivity index (χ2n) is 1.77. The molecule has 0 atom stereocenters. The fraction of sp³-hybridized carbons (Fsp3) is 0. The highest BCUT2D eigenvalue weighted by molar-refractivity contribution is 9.10. The number of halogens is 1. The Kier molecular flexibility index (Phi) is 2.34. The maximum Gasteiger partial charge on any atom is 0.114 e. The molecule has 4 heteroatoms. The van der Waals surface area contributed by atoms with Crippen molar-refractivity contribution in [1.29, 1.82) is 0 Å². The van der Waals surface area contributed by atoms with Crippen molar-refractivity contribution in [3.05, 3.63) is 22.7 Å². The molecule has 0 saturated carbocycles. The average molecular weight is 217 g/mol. The Morgan fingerprint density at radius 3 is 2.60 bits per heavy atom. The molecule has 0 spiro atoms. The van der Waals surface area contributed by atoms with Gasteiger partial charge in [0.2, 0.25) is 0 Å². The van der Waals surface area contributed by atoms with Crippen LogP contribution in [0.4, 0.5) is 11.4 Å². The van der Waals surface area contributed by atoms with Crippen molar-refractivity contribution in [3.63, 3.8) is 0 Å². The lowest BCUT2D eigenvalue weighted by Crippen LogP contribution is -1.84. The normalized spacial score (nSPS) is 9.30. The molecule has 0 aliphatic rings. The lowest BCUT2D eigenvalue weighted by molar-refractivity contribution is 1.53. The lowest BCUT2D eigenvalue weighted by Gasteiger charge is -1.98. The molecule has 0 unspecified atom stereocenters. The Bertz CT molecular complexity index is 242. The summed E-state index contributed by atoms with van der Waals surface area (Å²) in [5, 5.41) is 0. The third-order valence-electron chi connectivity index (χ3n) is 1.11. The second kappa shape index (κ2) is 3.07. The fourth-order valence-electron chi connectivity index (χ4n) is 0.628. The minimum atomic E-state index is 0.601. The van der Waals surface area contributed by atoms with Crippen LogP contribution in [0.3, 0.4) is 0 Å². The third-order valence-corrected chi connectivity index (χ3v) is 1.93. The first kappa shape index (κ1) is 7.63. The van der Waals surface area contributed by atoms with Crippen molar-refractivity contribution in [2.24, 2.45) is 4.36 Å². The number of nitrogen functional groups attached to an aromatic ring is 1. The highest BCUT2D eigenvalue weighted by atomic mass is 79.9. The molecular weight excluding hydrogens is 212 g/mol. The van der Waals surface area contributed by atoms with E-state index < -0.39 is 0 Å². The van der Waals surface area contributed by atoms with Gasteiger partial charge in [-0.25, -0.2) is 0 Å². The van der Waals surface area contributed by atoms with Crippen molar-refractivity contribution in [1.82, 2.24) is 0 Å². The van der Waals surface area contributed by atoms with E-state index in [1.54, 1.807) is 6.07 Å². The van der Waals surface area contributed by atoms with Crippen LogP contribution >= 0.6 is 15.9 Å². The summed E-state index contributed by atoms with van der Waals surface area (Å²) >= 11 is 7.78. The Labute approximate surface area is 72.7 Å². The summed E-state index contributed by atoms with van der Waals surface area (Å²) in [4.78, 5) is 0. The van der Waals surface area contributed by atoms with Crippen LogP contribution in [0.1, 0.15) is 0 Å². The van der Waals surface area contributed by atoms with E-state index in [1.807, 2.05) is 12.1 Å². The number of hydrogen-bond acceptors (Lipinski definition) is 3. The van der Waals surface area contributed by atoms with E-state index in [4.69, 9.17) is 5.73 Å². The van der Waals surface area contributed by atoms with Crippen LogP contribution in [0.2, 0.25) is 0 Å². The molecule has 2 N–H and O–H groups in total. The van der Waals surface area contributed by atoms with E-state index in [1.165, 1.54) is 0 Å². The van der Waals surface area contributed by atoms with Crippen molar-refractivity contribution < 1.29 is 0 Å². The first-order valence-electron chi connectivity index (χ1n) is 2.63. The molecule has 2 nitrogen and oxygen atoms in total. The van der Waals surface area contributed by atoms with Gasteiger partial charge >= 0.3 is 0 Å². The molecule has 10 heavy (non-hydrogen) atoms. The molecule has 1 rings (SSSR count). The molecule has 0 aliphatic carbocycles. The van der Waals surface area contributed by atoms with Gasteiger partial charge in [-0.2, -0.15) is 4.36 Å². The van der Waals surface area contributed by atoms with E-state index in [0.717, 1.165) is 4.47 Å². The van der Waals surface area contributed by atoms with Gasteiger partial charge < -0.3 is 5.73 Å². The van der Waals surface area contributed by atoms with Gasteiger partial charge in [-0.3, -0.25) is 0 Å². The van der Waals surface area contributed by atoms with E-state index in [2.05, 4.69) is 32.7 Å². The van der Waals surface area contributed by atoms with Crippen LogP contribution in [0, 0.1) is 0 Å².